The third-order valence-electron chi connectivity index (χ3n) is 3.35. The molecule has 1 N–H and O–H groups in total. The lowest BCUT2D eigenvalue weighted by atomic mass is 10.1. The summed E-state index contributed by atoms with van der Waals surface area (Å²) in [5.74, 6) is 0.504. The van der Waals surface area contributed by atoms with Crippen molar-refractivity contribution in [1.82, 2.24) is 10.2 Å². The minimum absolute atomic E-state index is 0.0626. The van der Waals surface area contributed by atoms with Gasteiger partial charge in [-0.1, -0.05) is 48.6 Å². The lowest BCUT2D eigenvalue weighted by Gasteiger charge is -2.00. The van der Waals surface area contributed by atoms with Crippen LogP contribution in [0, 0.1) is 5.92 Å². The molecule has 0 unspecified atom stereocenters. The van der Waals surface area contributed by atoms with Gasteiger partial charge in [0.05, 0.1) is 0 Å². The predicted octanol–water partition coefficient (Wildman–Crippen LogP) is 2.84. The summed E-state index contributed by atoms with van der Waals surface area (Å²) in [7, 11) is 0. The van der Waals surface area contributed by atoms with Crippen LogP contribution in [0.1, 0.15) is 29.8 Å². The van der Waals surface area contributed by atoms with Crippen molar-refractivity contribution < 1.29 is 4.79 Å². The van der Waals surface area contributed by atoms with Gasteiger partial charge < -0.3 is 5.32 Å². The van der Waals surface area contributed by atoms with Gasteiger partial charge in [-0.15, -0.1) is 10.2 Å². The fraction of sp³-hybridized carbons (Fsp3) is 0.357. The molecule has 0 bridgehead atoms. The Balaban J connectivity index is 1.61. The monoisotopic (exact) mass is 273 g/mol. The fourth-order valence-corrected chi connectivity index (χ4v) is 2.88. The average molecular weight is 273 g/mol. The molecule has 1 amide bonds. The van der Waals surface area contributed by atoms with E-state index in [4.69, 9.17) is 0 Å². The van der Waals surface area contributed by atoms with Crippen molar-refractivity contribution in [2.75, 3.05) is 5.32 Å². The van der Waals surface area contributed by atoms with Gasteiger partial charge in [0.25, 0.3) is 0 Å². The first kappa shape index (κ1) is 12.3. The van der Waals surface area contributed by atoms with E-state index in [0.717, 1.165) is 17.8 Å². The molecule has 0 aliphatic heterocycles. The molecule has 1 fully saturated rings. The number of aryl methyl sites for hydroxylation is 1. The molecule has 1 aliphatic carbocycles. The standard InChI is InChI=1S/C14H15N3OS/c1-2-12-16-17-14(19-12)15-13(18)11-8-10(11)9-6-4-3-5-7-9/h3-7,10-11H,2,8H2,1H3,(H,15,17,18)/t10-,11-/m0/s1. The van der Waals surface area contributed by atoms with E-state index in [1.807, 2.05) is 25.1 Å². The number of amides is 1. The zero-order chi connectivity index (χ0) is 13.2. The number of aromatic nitrogens is 2. The zero-order valence-corrected chi connectivity index (χ0v) is 11.5. The number of rotatable bonds is 4. The summed E-state index contributed by atoms with van der Waals surface area (Å²) in [6, 6.07) is 10.2. The van der Waals surface area contributed by atoms with Crippen molar-refractivity contribution in [3.05, 3.63) is 40.9 Å². The lowest BCUT2D eigenvalue weighted by Crippen LogP contribution is -2.14. The van der Waals surface area contributed by atoms with Gasteiger partial charge in [0.1, 0.15) is 5.01 Å². The van der Waals surface area contributed by atoms with Crippen molar-refractivity contribution in [2.24, 2.45) is 5.92 Å². The highest BCUT2D eigenvalue weighted by atomic mass is 32.1. The molecule has 0 spiro atoms. The number of hydrogen-bond acceptors (Lipinski definition) is 4. The second-order valence-corrected chi connectivity index (χ2v) is 5.77. The first-order chi connectivity index (χ1) is 9.28. The Bertz CT molecular complexity index is 581. The van der Waals surface area contributed by atoms with Crippen molar-refractivity contribution >= 4 is 22.4 Å². The number of nitrogens with one attached hydrogen (secondary N) is 1. The highest BCUT2D eigenvalue weighted by molar-refractivity contribution is 7.15. The van der Waals surface area contributed by atoms with Crippen molar-refractivity contribution in [2.45, 2.75) is 25.7 Å². The lowest BCUT2D eigenvalue weighted by molar-refractivity contribution is -0.117. The normalized spacial score (nSPS) is 21.1. The van der Waals surface area contributed by atoms with Crippen LogP contribution in [-0.2, 0) is 11.2 Å². The maximum Gasteiger partial charge on any atom is 0.229 e. The Kier molecular flexibility index (Phi) is 3.29. The summed E-state index contributed by atoms with van der Waals surface area (Å²) in [6.45, 7) is 2.03. The van der Waals surface area contributed by atoms with E-state index >= 15 is 0 Å². The molecule has 2 atom stereocenters. The zero-order valence-electron chi connectivity index (χ0n) is 10.7. The number of anilines is 1. The van der Waals surface area contributed by atoms with Gasteiger partial charge in [-0.05, 0) is 24.3 Å². The molecule has 4 nitrogen and oxygen atoms in total. The first-order valence-corrected chi connectivity index (χ1v) is 7.27. The van der Waals surface area contributed by atoms with Crippen molar-refractivity contribution in [3.63, 3.8) is 0 Å². The van der Waals surface area contributed by atoms with E-state index in [-0.39, 0.29) is 11.8 Å². The molecular formula is C14H15N3OS. The maximum atomic E-state index is 12.1. The molecule has 1 saturated carbocycles. The van der Waals surface area contributed by atoms with Crippen LogP contribution in [-0.4, -0.2) is 16.1 Å². The van der Waals surface area contributed by atoms with Crippen LogP contribution in [0.3, 0.4) is 0 Å². The maximum absolute atomic E-state index is 12.1. The molecule has 0 radical (unpaired) electrons. The number of nitrogens with zero attached hydrogens (tertiary/aromatic N) is 2. The third kappa shape index (κ3) is 2.66. The van der Waals surface area contributed by atoms with Crippen LogP contribution < -0.4 is 5.32 Å². The summed E-state index contributed by atoms with van der Waals surface area (Å²) in [5.41, 5.74) is 1.24. The predicted molar refractivity (Wildman–Crippen MR) is 75.2 cm³/mol. The van der Waals surface area contributed by atoms with E-state index in [0.29, 0.717) is 11.0 Å². The van der Waals surface area contributed by atoms with Gasteiger partial charge in [0.15, 0.2) is 0 Å². The number of carbonyl (C=O) groups is 1. The summed E-state index contributed by atoms with van der Waals surface area (Å²) in [4.78, 5) is 12.1. The SMILES string of the molecule is CCc1nnc(NC(=O)[C@H]2C[C@H]2c2ccccc2)s1. The summed E-state index contributed by atoms with van der Waals surface area (Å²) in [6.07, 6.45) is 1.78. The summed E-state index contributed by atoms with van der Waals surface area (Å²) < 4.78 is 0. The van der Waals surface area contributed by atoms with Crippen molar-refractivity contribution in [3.8, 4) is 0 Å². The second kappa shape index (κ2) is 5.09. The molecule has 0 saturated heterocycles. The molecule has 98 valence electrons. The second-order valence-electron chi connectivity index (χ2n) is 4.70. The number of carbonyl (C=O) groups excluding carboxylic acids is 1. The van der Waals surface area contributed by atoms with Gasteiger partial charge in [-0.2, -0.15) is 0 Å². The molecule has 1 aromatic heterocycles. The third-order valence-corrected chi connectivity index (χ3v) is 4.34. The molecule has 1 aliphatic rings. The van der Waals surface area contributed by atoms with E-state index < -0.39 is 0 Å². The van der Waals surface area contributed by atoms with E-state index in [1.54, 1.807) is 0 Å². The molecule has 1 heterocycles. The quantitative estimate of drug-likeness (QED) is 0.932. The highest BCUT2D eigenvalue weighted by Gasteiger charge is 2.44. The minimum atomic E-state index is 0.0626. The van der Waals surface area contributed by atoms with Gasteiger partial charge in [0, 0.05) is 5.92 Å². The number of hydrogen-bond donors (Lipinski definition) is 1. The minimum Gasteiger partial charge on any atom is -0.300 e. The molecule has 3 rings (SSSR count). The van der Waals surface area contributed by atoms with Gasteiger partial charge >= 0.3 is 0 Å². The summed E-state index contributed by atoms with van der Waals surface area (Å²) in [5, 5.41) is 12.4. The van der Waals surface area contributed by atoms with Crippen LogP contribution in [0.5, 0.6) is 0 Å². The average Bonchev–Trinajstić information content (AvgIpc) is 3.13. The largest absolute Gasteiger partial charge is 0.300 e. The Labute approximate surface area is 115 Å². The Morgan fingerprint density at radius 3 is 2.84 bits per heavy atom. The topological polar surface area (TPSA) is 54.9 Å². The Morgan fingerprint density at radius 2 is 2.16 bits per heavy atom. The van der Waals surface area contributed by atoms with Crippen LogP contribution in [0.2, 0.25) is 0 Å². The van der Waals surface area contributed by atoms with Gasteiger partial charge in [0.2, 0.25) is 11.0 Å². The first-order valence-electron chi connectivity index (χ1n) is 6.46. The van der Waals surface area contributed by atoms with Crippen LogP contribution in [0.25, 0.3) is 0 Å². The molecule has 2 aromatic rings. The van der Waals surface area contributed by atoms with Crippen molar-refractivity contribution in [1.29, 1.82) is 0 Å². The van der Waals surface area contributed by atoms with E-state index in [2.05, 4.69) is 27.6 Å². The van der Waals surface area contributed by atoms with Crippen LogP contribution >= 0.6 is 11.3 Å². The Morgan fingerprint density at radius 1 is 1.37 bits per heavy atom. The summed E-state index contributed by atoms with van der Waals surface area (Å²) >= 11 is 1.45. The Hall–Kier alpha value is -1.75. The van der Waals surface area contributed by atoms with Gasteiger partial charge in [-0.3, -0.25) is 4.79 Å². The van der Waals surface area contributed by atoms with Crippen LogP contribution in [0.15, 0.2) is 30.3 Å². The molecule has 1 aromatic carbocycles. The van der Waals surface area contributed by atoms with Crippen LogP contribution in [0.4, 0.5) is 5.13 Å². The smallest absolute Gasteiger partial charge is 0.229 e. The number of benzene rings is 1. The molecular weight excluding hydrogens is 258 g/mol. The van der Waals surface area contributed by atoms with E-state index in [9.17, 15) is 4.79 Å². The molecule has 5 heteroatoms. The highest BCUT2D eigenvalue weighted by Crippen LogP contribution is 2.47. The van der Waals surface area contributed by atoms with Gasteiger partial charge in [-0.25, -0.2) is 0 Å². The fourth-order valence-electron chi connectivity index (χ4n) is 2.20. The molecule has 19 heavy (non-hydrogen) atoms. The van der Waals surface area contributed by atoms with E-state index in [1.165, 1.54) is 16.9 Å².